The Bertz CT molecular complexity index is 511. The topological polar surface area (TPSA) is 52.8 Å². The zero-order valence-electron chi connectivity index (χ0n) is 11.2. The second-order valence-electron chi connectivity index (χ2n) is 5.23. The molecule has 5 heteroatoms. The molecule has 0 aliphatic carbocycles. The van der Waals surface area contributed by atoms with Crippen LogP contribution in [0.1, 0.15) is 32.3 Å². The molecule has 0 aromatic carbocycles. The fraction of sp³-hybridized carbons (Fsp3) is 0.462. The first kappa shape index (κ1) is 12.5. The van der Waals surface area contributed by atoms with Crippen molar-refractivity contribution in [2.75, 3.05) is 0 Å². The van der Waals surface area contributed by atoms with Crippen molar-refractivity contribution in [3.63, 3.8) is 0 Å². The predicted octanol–water partition coefficient (Wildman–Crippen LogP) is 2.09. The smallest absolute Gasteiger partial charge is 0.232 e. The summed E-state index contributed by atoms with van der Waals surface area (Å²) >= 11 is 0. The van der Waals surface area contributed by atoms with Gasteiger partial charge in [-0.2, -0.15) is 0 Å². The lowest BCUT2D eigenvalue weighted by Crippen LogP contribution is -2.14. The Morgan fingerprint density at radius 2 is 1.94 bits per heavy atom. The number of rotatable bonds is 3. The van der Waals surface area contributed by atoms with E-state index < -0.39 is 0 Å². The van der Waals surface area contributed by atoms with Crippen molar-refractivity contribution in [1.82, 2.24) is 19.5 Å². The van der Waals surface area contributed by atoms with Crippen LogP contribution in [0.5, 0.6) is 5.88 Å². The van der Waals surface area contributed by atoms with Gasteiger partial charge in [0, 0.05) is 24.9 Å². The molecule has 0 amide bonds. The lowest BCUT2D eigenvalue weighted by molar-refractivity contribution is 0.278. The van der Waals surface area contributed by atoms with E-state index in [0.29, 0.717) is 12.5 Å². The van der Waals surface area contributed by atoms with E-state index in [1.165, 1.54) is 0 Å². The van der Waals surface area contributed by atoms with Crippen molar-refractivity contribution in [3.05, 3.63) is 36.3 Å². The highest BCUT2D eigenvalue weighted by Gasteiger charge is 2.15. The molecule has 0 bridgehead atoms. The number of aromatic nitrogens is 4. The second-order valence-corrected chi connectivity index (χ2v) is 5.23. The molecule has 0 aliphatic rings. The number of hydrogen-bond donors (Lipinski definition) is 0. The summed E-state index contributed by atoms with van der Waals surface area (Å²) in [5.74, 6) is 1.38. The first-order valence-corrected chi connectivity index (χ1v) is 5.88. The van der Waals surface area contributed by atoms with Crippen LogP contribution in [-0.2, 0) is 19.1 Å². The molecular formula is C13H18N4O. The van der Waals surface area contributed by atoms with Gasteiger partial charge in [-0.15, -0.1) is 0 Å². The predicted molar refractivity (Wildman–Crippen MR) is 68.3 cm³/mol. The van der Waals surface area contributed by atoms with Gasteiger partial charge in [-0.05, 0) is 0 Å². The first-order chi connectivity index (χ1) is 8.47. The Morgan fingerprint density at radius 3 is 2.44 bits per heavy atom. The lowest BCUT2D eigenvalue weighted by atomic mass is 9.93. The summed E-state index contributed by atoms with van der Waals surface area (Å²) in [6.45, 7) is 6.70. The quantitative estimate of drug-likeness (QED) is 0.832. The number of hydrogen-bond acceptors (Lipinski definition) is 4. The molecule has 0 fully saturated rings. The summed E-state index contributed by atoms with van der Waals surface area (Å²) in [6.07, 6.45) is 7.04. The third-order valence-electron chi connectivity index (χ3n) is 2.67. The molecule has 2 aromatic heterocycles. The minimum absolute atomic E-state index is 0.00516. The molecule has 96 valence electrons. The first-order valence-electron chi connectivity index (χ1n) is 5.88. The SMILES string of the molecule is Cn1ccnc1COc1cnc(C(C)(C)C)cn1. The van der Waals surface area contributed by atoms with E-state index in [-0.39, 0.29) is 5.41 Å². The van der Waals surface area contributed by atoms with Crippen molar-refractivity contribution in [3.8, 4) is 5.88 Å². The average molecular weight is 246 g/mol. The summed E-state index contributed by atoms with van der Waals surface area (Å²) in [4.78, 5) is 12.8. The van der Waals surface area contributed by atoms with Gasteiger partial charge in [0.05, 0.1) is 18.1 Å². The Balaban J connectivity index is 2.01. The third kappa shape index (κ3) is 2.85. The molecule has 0 spiro atoms. The number of ether oxygens (including phenoxy) is 1. The van der Waals surface area contributed by atoms with E-state index in [2.05, 4.69) is 35.7 Å². The van der Waals surface area contributed by atoms with Gasteiger partial charge >= 0.3 is 0 Å². The highest BCUT2D eigenvalue weighted by atomic mass is 16.5. The molecule has 0 aliphatic heterocycles. The van der Waals surface area contributed by atoms with Crippen LogP contribution < -0.4 is 4.74 Å². The van der Waals surface area contributed by atoms with Crippen LogP contribution in [0.15, 0.2) is 24.8 Å². The largest absolute Gasteiger partial charge is 0.468 e. The summed E-state index contributed by atoms with van der Waals surface area (Å²) in [7, 11) is 1.93. The van der Waals surface area contributed by atoms with Gasteiger partial charge in [-0.3, -0.25) is 4.98 Å². The molecule has 0 unspecified atom stereocenters. The fourth-order valence-electron chi connectivity index (χ4n) is 1.45. The van der Waals surface area contributed by atoms with Crippen molar-refractivity contribution < 1.29 is 4.74 Å². The van der Waals surface area contributed by atoms with Gasteiger partial charge in [-0.25, -0.2) is 9.97 Å². The van der Waals surface area contributed by atoms with Crippen LogP contribution in [0.3, 0.4) is 0 Å². The van der Waals surface area contributed by atoms with Crippen LogP contribution in [0, 0.1) is 0 Å². The molecule has 2 aromatic rings. The maximum atomic E-state index is 5.54. The second kappa shape index (κ2) is 4.76. The fourth-order valence-corrected chi connectivity index (χ4v) is 1.45. The maximum Gasteiger partial charge on any atom is 0.232 e. The van der Waals surface area contributed by atoms with Crippen molar-refractivity contribution in [2.24, 2.45) is 7.05 Å². The average Bonchev–Trinajstić information content (AvgIpc) is 2.72. The van der Waals surface area contributed by atoms with E-state index in [1.54, 1.807) is 18.6 Å². The Morgan fingerprint density at radius 1 is 1.17 bits per heavy atom. The highest BCUT2D eigenvalue weighted by Crippen LogP contribution is 2.19. The summed E-state index contributed by atoms with van der Waals surface area (Å²) in [5, 5.41) is 0. The minimum atomic E-state index is 0.00516. The summed E-state index contributed by atoms with van der Waals surface area (Å²) in [6, 6.07) is 0. The third-order valence-corrected chi connectivity index (χ3v) is 2.67. The Kier molecular flexibility index (Phi) is 3.32. The van der Waals surface area contributed by atoms with E-state index in [0.717, 1.165) is 11.5 Å². The molecule has 2 heterocycles. The number of nitrogens with zero attached hydrogens (tertiary/aromatic N) is 4. The monoisotopic (exact) mass is 246 g/mol. The van der Waals surface area contributed by atoms with Gasteiger partial charge in [0.15, 0.2) is 0 Å². The van der Waals surface area contributed by atoms with Crippen LogP contribution in [0.2, 0.25) is 0 Å². The Labute approximate surface area is 107 Å². The van der Waals surface area contributed by atoms with E-state index in [4.69, 9.17) is 4.74 Å². The summed E-state index contributed by atoms with van der Waals surface area (Å²) in [5.41, 5.74) is 0.956. The summed E-state index contributed by atoms with van der Waals surface area (Å²) < 4.78 is 7.46. The maximum absolute atomic E-state index is 5.54. The normalized spacial score (nSPS) is 11.6. The van der Waals surface area contributed by atoms with Crippen LogP contribution in [0.4, 0.5) is 0 Å². The molecule has 0 radical (unpaired) electrons. The molecule has 18 heavy (non-hydrogen) atoms. The van der Waals surface area contributed by atoms with Crippen molar-refractivity contribution in [1.29, 1.82) is 0 Å². The van der Waals surface area contributed by atoms with E-state index in [9.17, 15) is 0 Å². The molecule has 0 saturated carbocycles. The molecular weight excluding hydrogens is 228 g/mol. The van der Waals surface area contributed by atoms with Gasteiger partial charge < -0.3 is 9.30 Å². The highest BCUT2D eigenvalue weighted by molar-refractivity contribution is 5.13. The van der Waals surface area contributed by atoms with Crippen LogP contribution in [-0.4, -0.2) is 19.5 Å². The van der Waals surface area contributed by atoms with Gasteiger partial charge in [0.25, 0.3) is 0 Å². The molecule has 2 rings (SSSR count). The zero-order valence-corrected chi connectivity index (χ0v) is 11.2. The number of aryl methyl sites for hydroxylation is 1. The van der Waals surface area contributed by atoms with Crippen LogP contribution in [0.25, 0.3) is 0 Å². The van der Waals surface area contributed by atoms with Crippen molar-refractivity contribution >= 4 is 0 Å². The molecule has 0 N–H and O–H groups in total. The van der Waals surface area contributed by atoms with Crippen molar-refractivity contribution in [2.45, 2.75) is 32.8 Å². The number of imidazole rings is 1. The minimum Gasteiger partial charge on any atom is -0.468 e. The van der Waals surface area contributed by atoms with E-state index >= 15 is 0 Å². The van der Waals surface area contributed by atoms with Gasteiger partial charge in [0.1, 0.15) is 12.4 Å². The zero-order chi connectivity index (χ0) is 13.2. The van der Waals surface area contributed by atoms with Gasteiger partial charge in [0.2, 0.25) is 5.88 Å². The van der Waals surface area contributed by atoms with Crippen LogP contribution >= 0.6 is 0 Å². The molecule has 0 saturated heterocycles. The molecule has 0 atom stereocenters. The van der Waals surface area contributed by atoms with E-state index in [1.807, 2.05) is 17.8 Å². The van der Waals surface area contributed by atoms with Gasteiger partial charge in [-0.1, -0.05) is 20.8 Å². The lowest BCUT2D eigenvalue weighted by Gasteiger charge is -2.16. The standard InChI is InChI=1S/C13H18N4O/c1-13(2,3)10-7-16-12(8-15-10)18-9-11-14-5-6-17(11)4/h5-8H,9H2,1-4H3. The Hall–Kier alpha value is -1.91. The molecule has 5 nitrogen and oxygen atoms in total.